The van der Waals surface area contributed by atoms with E-state index in [1.54, 1.807) is 6.07 Å². The van der Waals surface area contributed by atoms with Gasteiger partial charge in [0.15, 0.2) is 0 Å². The molecule has 0 spiro atoms. The maximum atomic E-state index is 10.6. The Bertz CT molecular complexity index is 452. The van der Waals surface area contributed by atoms with Crippen molar-refractivity contribution in [3.05, 3.63) is 16.8 Å². The van der Waals surface area contributed by atoms with Crippen molar-refractivity contribution in [3.8, 4) is 0 Å². The fourth-order valence-electron chi connectivity index (χ4n) is 1.19. The summed E-state index contributed by atoms with van der Waals surface area (Å²) in [6.07, 6.45) is 0. The first-order valence-electron chi connectivity index (χ1n) is 4.30. The number of rotatable bonds is 2. The summed E-state index contributed by atoms with van der Waals surface area (Å²) in [7, 11) is 0. The van der Waals surface area contributed by atoms with Crippen LogP contribution in [0, 0.1) is 0 Å². The van der Waals surface area contributed by atoms with Crippen LogP contribution in [0.1, 0.15) is 35.3 Å². The Kier molecular flexibility index (Phi) is 2.03. The van der Waals surface area contributed by atoms with Crippen LogP contribution in [0.3, 0.4) is 0 Å². The van der Waals surface area contributed by atoms with Crippen molar-refractivity contribution in [2.45, 2.75) is 19.8 Å². The van der Waals surface area contributed by atoms with Crippen molar-refractivity contribution < 1.29 is 9.90 Å². The Morgan fingerprint density at radius 2 is 2.36 bits per heavy atom. The molecule has 4 nitrogen and oxygen atoms in total. The third kappa shape index (κ3) is 1.39. The highest BCUT2D eigenvalue weighted by Gasteiger charge is 2.12. The zero-order valence-electron chi connectivity index (χ0n) is 7.87. The molecule has 74 valence electrons. The molecular weight excluding hydrogens is 200 g/mol. The molecule has 0 fully saturated rings. The highest BCUT2D eigenvalue weighted by atomic mass is 32.1. The lowest BCUT2D eigenvalue weighted by Gasteiger charge is -1.95. The van der Waals surface area contributed by atoms with Gasteiger partial charge in [-0.1, -0.05) is 13.8 Å². The van der Waals surface area contributed by atoms with Crippen molar-refractivity contribution in [2.24, 2.45) is 0 Å². The molecule has 0 aromatic carbocycles. The topological polar surface area (TPSA) is 66.0 Å². The molecule has 2 N–H and O–H groups in total. The van der Waals surface area contributed by atoms with Gasteiger partial charge in [0, 0.05) is 5.92 Å². The zero-order valence-corrected chi connectivity index (χ0v) is 8.68. The molecule has 0 unspecified atom stereocenters. The lowest BCUT2D eigenvalue weighted by molar-refractivity contribution is 0.0691. The number of thiazole rings is 1. The van der Waals surface area contributed by atoms with Gasteiger partial charge in [-0.3, -0.25) is 0 Å². The molecule has 0 aliphatic rings. The number of H-pyrrole nitrogens is 1. The summed E-state index contributed by atoms with van der Waals surface area (Å²) in [6, 6.07) is 1.57. The minimum atomic E-state index is -0.943. The number of hydrogen-bond acceptors (Lipinski definition) is 3. The van der Waals surface area contributed by atoms with Gasteiger partial charge in [-0.25, -0.2) is 9.78 Å². The van der Waals surface area contributed by atoms with E-state index in [0.29, 0.717) is 5.92 Å². The number of hydrogen-bond donors (Lipinski definition) is 2. The van der Waals surface area contributed by atoms with Gasteiger partial charge in [0.1, 0.15) is 16.0 Å². The normalized spacial score (nSPS) is 11.4. The molecule has 2 heterocycles. The number of nitrogens with zero attached hydrogens (tertiary/aromatic N) is 1. The minimum absolute atomic E-state index is 0.203. The molecule has 14 heavy (non-hydrogen) atoms. The SMILES string of the molecule is CC(C)c1nc2cc(C(=O)O)[nH]c2s1. The molecule has 0 radical (unpaired) electrons. The van der Waals surface area contributed by atoms with Gasteiger partial charge >= 0.3 is 5.97 Å². The van der Waals surface area contributed by atoms with E-state index in [9.17, 15) is 4.79 Å². The predicted molar refractivity (Wildman–Crippen MR) is 55.0 cm³/mol. The number of aromatic amines is 1. The number of carbonyl (C=O) groups is 1. The third-order valence-electron chi connectivity index (χ3n) is 1.92. The Labute approximate surface area is 84.6 Å². The molecule has 0 aliphatic carbocycles. The summed E-state index contributed by atoms with van der Waals surface area (Å²) in [5, 5.41) is 9.76. The van der Waals surface area contributed by atoms with Crippen molar-refractivity contribution in [1.29, 1.82) is 0 Å². The van der Waals surface area contributed by atoms with Crippen LogP contribution in [0.5, 0.6) is 0 Å². The second kappa shape index (κ2) is 3.09. The van der Waals surface area contributed by atoms with E-state index < -0.39 is 5.97 Å². The molecule has 0 amide bonds. The average Bonchev–Trinajstić information content (AvgIpc) is 2.57. The molecule has 0 saturated heterocycles. The number of aromatic carboxylic acids is 1. The number of nitrogens with one attached hydrogen (secondary N) is 1. The van der Waals surface area contributed by atoms with Gasteiger partial charge in [-0.05, 0) is 6.07 Å². The quantitative estimate of drug-likeness (QED) is 0.800. The maximum absolute atomic E-state index is 10.6. The summed E-state index contributed by atoms with van der Waals surface area (Å²) in [5.74, 6) is -0.560. The first-order valence-corrected chi connectivity index (χ1v) is 5.12. The summed E-state index contributed by atoms with van der Waals surface area (Å²) >= 11 is 1.51. The van der Waals surface area contributed by atoms with Crippen molar-refractivity contribution >= 4 is 27.7 Å². The van der Waals surface area contributed by atoms with Crippen LogP contribution in [0.25, 0.3) is 10.3 Å². The van der Waals surface area contributed by atoms with Crippen LogP contribution >= 0.6 is 11.3 Å². The molecule has 0 aliphatic heterocycles. The molecule has 2 aromatic rings. The Balaban J connectivity index is 2.50. The summed E-state index contributed by atoms with van der Waals surface area (Å²) < 4.78 is 0. The van der Waals surface area contributed by atoms with E-state index in [0.717, 1.165) is 15.4 Å². The van der Waals surface area contributed by atoms with Crippen LogP contribution in [-0.4, -0.2) is 21.0 Å². The second-order valence-corrected chi connectivity index (χ2v) is 4.44. The van der Waals surface area contributed by atoms with Crippen LogP contribution in [-0.2, 0) is 0 Å². The van der Waals surface area contributed by atoms with Crippen molar-refractivity contribution in [1.82, 2.24) is 9.97 Å². The van der Waals surface area contributed by atoms with Gasteiger partial charge in [0.05, 0.1) is 5.01 Å². The fourth-order valence-corrected chi connectivity index (χ4v) is 2.15. The van der Waals surface area contributed by atoms with Crippen molar-refractivity contribution in [2.75, 3.05) is 0 Å². The van der Waals surface area contributed by atoms with E-state index >= 15 is 0 Å². The summed E-state index contributed by atoms with van der Waals surface area (Å²) in [5.41, 5.74) is 0.949. The predicted octanol–water partition coefficient (Wildman–Crippen LogP) is 2.45. The second-order valence-electron chi connectivity index (χ2n) is 3.41. The van der Waals surface area contributed by atoms with E-state index in [1.807, 2.05) is 0 Å². The van der Waals surface area contributed by atoms with E-state index in [4.69, 9.17) is 5.11 Å². The summed E-state index contributed by atoms with van der Waals surface area (Å²) in [6.45, 7) is 4.13. The molecule has 0 saturated carbocycles. The smallest absolute Gasteiger partial charge is 0.352 e. The van der Waals surface area contributed by atoms with Gasteiger partial charge < -0.3 is 10.1 Å². The zero-order chi connectivity index (χ0) is 10.3. The maximum Gasteiger partial charge on any atom is 0.352 e. The lowest BCUT2D eigenvalue weighted by atomic mass is 10.2. The largest absolute Gasteiger partial charge is 0.477 e. The van der Waals surface area contributed by atoms with Gasteiger partial charge in [0.25, 0.3) is 0 Å². The number of fused-ring (bicyclic) bond motifs is 1. The molecule has 5 heteroatoms. The first-order chi connectivity index (χ1) is 6.58. The molecule has 0 atom stereocenters. The summed E-state index contributed by atoms with van der Waals surface area (Å²) in [4.78, 5) is 18.6. The van der Waals surface area contributed by atoms with E-state index in [1.165, 1.54) is 11.3 Å². The van der Waals surface area contributed by atoms with Gasteiger partial charge in [-0.15, -0.1) is 11.3 Å². The van der Waals surface area contributed by atoms with Crippen LogP contribution in [0.4, 0.5) is 0 Å². The average molecular weight is 210 g/mol. The Hall–Kier alpha value is -1.36. The monoisotopic (exact) mass is 210 g/mol. The van der Waals surface area contributed by atoms with Gasteiger partial charge in [0.2, 0.25) is 0 Å². The van der Waals surface area contributed by atoms with Gasteiger partial charge in [-0.2, -0.15) is 0 Å². The Morgan fingerprint density at radius 1 is 1.64 bits per heavy atom. The highest BCUT2D eigenvalue weighted by Crippen LogP contribution is 2.27. The van der Waals surface area contributed by atoms with Crippen LogP contribution in [0.2, 0.25) is 0 Å². The lowest BCUT2D eigenvalue weighted by Crippen LogP contribution is -1.95. The third-order valence-corrected chi connectivity index (χ3v) is 3.21. The van der Waals surface area contributed by atoms with E-state index in [-0.39, 0.29) is 5.69 Å². The molecule has 2 aromatic heterocycles. The highest BCUT2D eigenvalue weighted by molar-refractivity contribution is 7.18. The van der Waals surface area contributed by atoms with E-state index in [2.05, 4.69) is 23.8 Å². The standard InChI is InChI=1S/C9H10N2O2S/c1-4(2)7-10-5-3-6(9(12)13)11-8(5)14-7/h3-4,11H,1-2H3,(H,12,13). The first kappa shape index (κ1) is 9.21. The molecule has 2 rings (SSSR count). The number of carboxylic acid groups (broad SMARTS) is 1. The fraction of sp³-hybridized carbons (Fsp3) is 0.333. The Morgan fingerprint density at radius 3 is 2.86 bits per heavy atom. The number of carboxylic acids is 1. The molecular formula is C9H10N2O2S. The van der Waals surface area contributed by atoms with Crippen molar-refractivity contribution in [3.63, 3.8) is 0 Å². The minimum Gasteiger partial charge on any atom is -0.477 e. The van der Waals surface area contributed by atoms with Crippen LogP contribution in [0.15, 0.2) is 6.07 Å². The number of aromatic nitrogens is 2. The van der Waals surface area contributed by atoms with Crippen LogP contribution < -0.4 is 0 Å². The molecule has 0 bridgehead atoms.